The molecule has 0 radical (unpaired) electrons. The van der Waals surface area contributed by atoms with Gasteiger partial charge in [-0.1, -0.05) is 5.92 Å². The summed E-state index contributed by atoms with van der Waals surface area (Å²) >= 11 is 0. The summed E-state index contributed by atoms with van der Waals surface area (Å²) in [6.07, 6.45) is 3.05. The van der Waals surface area contributed by atoms with Gasteiger partial charge in [0.1, 0.15) is 0 Å². The molecule has 14 heavy (non-hydrogen) atoms. The number of hydrogen-bond acceptors (Lipinski definition) is 3. The van der Waals surface area contributed by atoms with Crippen molar-refractivity contribution in [1.29, 1.82) is 0 Å². The van der Waals surface area contributed by atoms with Gasteiger partial charge in [0, 0.05) is 19.2 Å². The largest absolute Gasteiger partial charge is 0.494 e. The summed E-state index contributed by atoms with van der Waals surface area (Å²) in [7, 11) is 1.59. The quantitative estimate of drug-likeness (QED) is 0.577. The number of aliphatic hydroxyl groups excluding tert-OH is 1. The van der Waals surface area contributed by atoms with Crippen LogP contribution in [0.5, 0.6) is 5.75 Å². The highest BCUT2D eigenvalue weighted by Gasteiger charge is 1.97. The van der Waals surface area contributed by atoms with Crippen molar-refractivity contribution in [3.63, 3.8) is 0 Å². The van der Waals surface area contributed by atoms with Crippen molar-refractivity contribution in [2.75, 3.05) is 13.7 Å². The number of methoxy groups -OCH3 is 1. The molecule has 0 unspecified atom stereocenters. The van der Waals surface area contributed by atoms with E-state index in [2.05, 4.69) is 16.8 Å². The summed E-state index contributed by atoms with van der Waals surface area (Å²) in [4.78, 5) is 4.09. The zero-order chi connectivity index (χ0) is 10.2. The fraction of sp³-hybridized carbons (Fsp3) is 0.364. The summed E-state index contributed by atoms with van der Waals surface area (Å²) in [5, 5.41) is 8.56. The highest BCUT2D eigenvalue weighted by Crippen LogP contribution is 2.12. The summed E-state index contributed by atoms with van der Waals surface area (Å²) in [5.41, 5.74) is 0.646. The Kier molecular flexibility index (Phi) is 4.53. The Bertz CT molecular complexity index is 339. The molecule has 3 heteroatoms. The number of aromatic nitrogens is 1. The Morgan fingerprint density at radius 3 is 3.14 bits per heavy atom. The van der Waals surface area contributed by atoms with Crippen LogP contribution in [0.1, 0.15) is 18.5 Å². The van der Waals surface area contributed by atoms with Crippen LogP contribution in [-0.4, -0.2) is 23.8 Å². The molecule has 0 atom stereocenters. The lowest BCUT2D eigenvalue weighted by atomic mass is 10.3. The summed E-state index contributed by atoms with van der Waals surface area (Å²) in [5.74, 6) is 6.51. The van der Waals surface area contributed by atoms with E-state index >= 15 is 0 Å². The SMILES string of the molecule is COc1cccnc1C#CCCCO. The van der Waals surface area contributed by atoms with Crippen molar-refractivity contribution in [2.45, 2.75) is 12.8 Å². The molecule has 0 saturated carbocycles. The minimum Gasteiger partial charge on any atom is -0.494 e. The third kappa shape index (κ3) is 3.08. The van der Waals surface area contributed by atoms with Gasteiger partial charge < -0.3 is 9.84 Å². The Morgan fingerprint density at radius 1 is 1.57 bits per heavy atom. The van der Waals surface area contributed by atoms with Gasteiger partial charge in [-0.25, -0.2) is 4.98 Å². The van der Waals surface area contributed by atoms with E-state index in [0.29, 0.717) is 24.3 Å². The van der Waals surface area contributed by atoms with Crippen molar-refractivity contribution in [3.8, 4) is 17.6 Å². The molecule has 0 aliphatic carbocycles. The van der Waals surface area contributed by atoms with Gasteiger partial charge in [-0.15, -0.1) is 0 Å². The summed E-state index contributed by atoms with van der Waals surface area (Å²) in [6, 6.07) is 3.63. The van der Waals surface area contributed by atoms with Gasteiger partial charge in [-0.3, -0.25) is 0 Å². The summed E-state index contributed by atoms with van der Waals surface area (Å²) < 4.78 is 5.09. The standard InChI is InChI=1S/C11H13NO2/c1-14-11-7-5-8-12-10(11)6-3-2-4-9-13/h5,7-8,13H,2,4,9H2,1H3. The molecule has 1 heterocycles. The van der Waals surface area contributed by atoms with Crippen molar-refractivity contribution in [2.24, 2.45) is 0 Å². The molecule has 1 N–H and O–H groups in total. The van der Waals surface area contributed by atoms with E-state index in [-0.39, 0.29) is 6.61 Å². The third-order valence-electron chi connectivity index (χ3n) is 1.66. The second-order valence-electron chi connectivity index (χ2n) is 2.68. The molecule has 0 aliphatic heterocycles. The van der Waals surface area contributed by atoms with Crippen LogP contribution in [0.3, 0.4) is 0 Å². The van der Waals surface area contributed by atoms with Crippen molar-refractivity contribution < 1.29 is 9.84 Å². The zero-order valence-electron chi connectivity index (χ0n) is 8.16. The van der Waals surface area contributed by atoms with Gasteiger partial charge in [0.05, 0.1) is 7.11 Å². The Morgan fingerprint density at radius 2 is 2.43 bits per heavy atom. The van der Waals surface area contributed by atoms with Crippen LogP contribution in [0.4, 0.5) is 0 Å². The molecule has 0 fully saturated rings. The van der Waals surface area contributed by atoms with Crippen LogP contribution >= 0.6 is 0 Å². The molecule has 1 aromatic rings. The lowest BCUT2D eigenvalue weighted by molar-refractivity contribution is 0.290. The number of pyridine rings is 1. The molecule has 0 amide bonds. The number of aliphatic hydroxyl groups is 1. The number of rotatable bonds is 3. The smallest absolute Gasteiger partial charge is 0.155 e. The molecule has 0 aliphatic rings. The van der Waals surface area contributed by atoms with Gasteiger partial charge in [0.2, 0.25) is 0 Å². The van der Waals surface area contributed by atoms with Gasteiger partial charge >= 0.3 is 0 Å². The maximum absolute atomic E-state index is 8.56. The van der Waals surface area contributed by atoms with E-state index < -0.39 is 0 Å². The van der Waals surface area contributed by atoms with E-state index in [9.17, 15) is 0 Å². The number of unbranched alkanes of at least 4 members (excludes halogenated alkanes) is 1. The molecule has 74 valence electrons. The van der Waals surface area contributed by atoms with E-state index in [0.717, 1.165) is 0 Å². The molecule has 0 spiro atoms. The molecule has 0 saturated heterocycles. The molecular formula is C11H13NO2. The average molecular weight is 191 g/mol. The fourth-order valence-corrected chi connectivity index (χ4v) is 0.963. The predicted octanol–water partition coefficient (Wildman–Crippen LogP) is 1.21. The van der Waals surface area contributed by atoms with Gasteiger partial charge in [-0.2, -0.15) is 0 Å². The lowest BCUT2D eigenvalue weighted by Crippen LogP contribution is -1.90. The molecule has 0 bridgehead atoms. The minimum atomic E-state index is 0.175. The topological polar surface area (TPSA) is 42.4 Å². The normalized spacial score (nSPS) is 9.00. The van der Waals surface area contributed by atoms with E-state index in [4.69, 9.17) is 9.84 Å². The highest BCUT2D eigenvalue weighted by molar-refractivity contribution is 5.40. The van der Waals surface area contributed by atoms with Gasteiger partial charge in [-0.05, 0) is 24.5 Å². The summed E-state index contributed by atoms with van der Waals surface area (Å²) in [6.45, 7) is 0.175. The van der Waals surface area contributed by atoms with Crippen molar-refractivity contribution >= 4 is 0 Å². The van der Waals surface area contributed by atoms with Crippen molar-refractivity contribution in [1.82, 2.24) is 4.98 Å². The molecule has 3 nitrogen and oxygen atoms in total. The molecule has 1 rings (SSSR count). The van der Waals surface area contributed by atoms with Crippen molar-refractivity contribution in [3.05, 3.63) is 24.0 Å². The van der Waals surface area contributed by atoms with Crippen LogP contribution < -0.4 is 4.74 Å². The van der Waals surface area contributed by atoms with Crippen LogP contribution in [0.15, 0.2) is 18.3 Å². The number of nitrogens with zero attached hydrogens (tertiary/aromatic N) is 1. The van der Waals surface area contributed by atoms with Crippen LogP contribution in [0, 0.1) is 11.8 Å². The van der Waals surface area contributed by atoms with E-state index in [1.165, 1.54) is 0 Å². The Labute approximate surface area is 83.7 Å². The first-order valence-corrected chi connectivity index (χ1v) is 4.47. The third-order valence-corrected chi connectivity index (χ3v) is 1.66. The lowest BCUT2D eigenvalue weighted by Gasteiger charge is -1.99. The fourth-order valence-electron chi connectivity index (χ4n) is 0.963. The van der Waals surface area contributed by atoms with Crippen LogP contribution in [0.2, 0.25) is 0 Å². The van der Waals surface area contributed by atoms with Gasteiger partial charge in [0.25, 0.3) is 0 Å². The van der Waals surface area contributed by atoms with E-state index in [1.54, 1.807) is 19.4 Å². The van der Waals surface area contributed by atoms with Gasteiger partial charge in [0.15, 0.2) is 11.4 Å². The highest BCUT2D eigenvalue weighted by atomic mass is 16.5. The second-order valence-corrected chi connectivity index (χ2v) is 2.68. The van der Waals surface area contributed by atoms with Crippen LogP contribution in [-0.2, 0) is 0 Å². The van der Waals surface area contributed by atoms with Crippen LogP contribution in [0.25, 0.3) is 0 Å². The molecule has 1 aromatic heterocycles. The average Bonchev–Trinajstić information content (AvgIpc) is 2.25. The molecular weight excluding hydrogens is 178 g/mol. The first-order chi connectivity index (χ1) is 6.88. The number of ether oxygens (including phenoxy) is 1. The molecule has 0 aromatic carbocycles. The first kappa shape index (κ1) is 10.6. The maximum Gasteiger partial charge on any atom is 0.155 e. The Hall–Kier alpha value is -1.53. The predicted molar refractivity (Wildman–Crippen MR) is 54.0 cm³/mol. The Balaban J connectivity index is 2.68. The zero-order valence-corrected chi connectivity index (χ0v) is 8.16. The maximum atomic E-state index is 8.56. The first-order valence-electron chi connectivity index (χ1n) is 4.47. The number of hydrogen-bond donors (Lipinski definition) is 1. The second kappa shape index (κ2) is 6.01. The monoisotopic (exact) mass is 191 g/mol. The minimum absolute atomic E-state index is 0.175. The van der Waals surface area contributed by atoms with E-state index in [1.807, 2.05) is 6.07 Å².